The highest BCUT2D eigenvalue weighted by atomic mass is 32.2. The molecule has 2 heterocycles. The van der Waals surface area contributed by atoms with Gasteiger partial charge < -0.3 is 5.32 Å². The number of fused-ring (bicyclic) bond motifs is 1. The first-order chi connectivity index (χ1) is 15.6. The van der Waals surface area contributed by atoms with Crippen LogP contribution >= 0.6 is 23.1 Å². The monoisotopic (exact) mass is 458 g/mol. The molecule has 158 valence electrons. The van der Waals surface area contributed by atoms with E-state index in [9.17, 15) is 9.59 Å². The second-order valence-electron chi connectivity index (χ2n) is 6.82. The molecule has 8 heteroatoms. The van der Waals surface area contributed by atoms with Gasteiger partial charge in [0.15, 0.2) is 5.16 Å². The van der Waals surface area contributed by atoms with Crippen molar-refractivity contribution in [3.63, 3.8) is 0 Å². The van der Waals surface area contributed by atoms with Crippen molar-refractivity contribution in [2.24, 2.45) is 0 Å². The molecule has 0 aliphatic carbocycles. The van der Waals surface area contributed by atoms with Crippen LogP contribution in [0.2, 0.25) is 0 Å². The van der Waals surface area contributed by atoms with Gasteiger partial charge in [0.2, 0.25) is 5.91 Å². The first kappa shape index (κ1) is 21.6. The number of carbonyl (C=O) groups excluding carboxylic acids is 1. The molecule has 0 atom stereocenters. The average Bonchev–Trinajstić information content (AvgIpc) is 3.25. The SMILES string of the molecule is C=CCn1c(SCC(=O)Nc2cccc(C#N)c2)nc2cc(-c3ccccc3)sc2c1=O. The fraction of sp³-hybridized carbons (Fsp3) is 0.0833. The standard InChI is InChI=1S/C24H18N4O2S2/c1-2-11-28-23(30)22-19(13-20(32-22)17-8-4-3-5-9-17)27-24(28)31-15-21(29)26-18-10-6-7-16(12-18)14-25/h2-10,12-13H,1,11,15H2,(H,26,29). The Labute approximate surface area is 192 Å². The fourth-order valence-electron chi connectivity index (χ4n) is 3.13. The third kappa shape index (κ3) is 4.64. The third-order valence-electron chi connectivity index (χ3n) is 4.58. The lowest BCUT2D eigenvalue weighted by atomic mass is 10.2. The summed E-state index contributed by atoms with van der Waals surface area (Å²) in [6.45, 7) is 4.04. The second kappa shape index (κ2) is 9.64. The van der Waals surface area contributed by atoms with E-state index in [1.807, 2.05) is 42.5 Å². The number of nitrogens with zero attached hydrogens (tertiary/aromatic N) is 3. The number of hydrogen-bond donors (Lipinski definition) is 1. The Kier molecular flexibility index (Phi) is 6.50. The zero-order valence-corrected chi connectivity index (χ0v) is 18.6. The minimum absolute atomic E-state index is 0.0710. The summed E-state index contributed by atoms with van der Waals surface area (Å²) < 4.78 is 2.11. The topological polar surface area (TPSA) is 87.8 Å². The van der Waals surface area contributed by atoms with Gasteiger partial charge in [0.1, 0.15) is 4.70 Å². The molecule has 0 aliphatic rings. The minimum atomic E-state index is -0.250. The number of thiophene rings is 1. The van der Waals surface area contributed by atoms with E-state index < -0.39 is 0 Å². The van der Waals surface area contributed by atoms with E-state index in [2.05, 4.69) is 16.9 Å². The summed E-state index contributed by atoms with van der Waals surface area (Å²) in [5.74, 6) is -0.179. The summed E-state index contributed by atoms with van der Waals surface area (Å²) in [5.41, 5.74) is 2.51. The highest BCUT2D eigenvalue weighted by Crippen LogP contribution is 2.32. The maximum absolute atomic E-state index is 13.1. The quantitative estimate of drug-likeness (QED) is 0.241. The molecule has 2 aromatic heterocycles. The number of amides is 1. The molecule has 4 rings (SSSR count). The van der Waals surface area contributed by atoms with Gasteiger partial charge in [-0.15, -0.1) is 17.9 Å². The number of thioether (sulfide) groups is 1. The molecule has 0 radical (unpaired) electrons. The summed E-state index contributed by atoms with van der Waals surface area (Å²) >= 11 is 2.60. The predicted octanol–water partition coefficient (Wildman–Crippen LogP) is 4.91. The van der Waals surface area contributed by atoms with E-state index in [0.29, 0.717) is 33.2 Å². The van der Waals surface area contributed by atoms with Crippen molar-refractivity contribution in [2.75, 3.05) is 11.1 Å². The van der Waals surface area contributed by atoms with E-state index in [4.69, 9.17) is 5.26 Å². The number of allylic oxidation sites excluding steroid dienone is 1. The van der Waals surface area contributed by atoms with E-state index in [1.54, 1.807) is 30.3 Å². The first-order valence-electron chi connectivity index (χ1n) is 9.72. The second-order valence-corrected chi connectivity index (χ2v) is 8.81. The molecule has 0 saturated carbocycles. The van der Waals surface area contributed by atoms with Crippen LogP contribution in [0, 0.1) is 11.3 Å². The Morgan fingerprint density at radius 3 is 2.78 bits per heavy atom. The molecule has 32 heavy (non-hydrogen) atoms. The molecular formula is C24H18N4O2S2. The minimum Gasteiger partial charge on any atom is -0.325 e. The smallest absolute Gasteiger partial charge is 0.272 e. The van der Waals surface area contributed by atoms with Crippen LogP contribution in [0.1, 0.15) is 5.56 Å². The normalized spacial score (nSPS) is 10.6. The molecule has 0 aliphatic heterocycles. The lowest BCUT2D eigenvalue weighted by molar-refractivity contribution is -0.113. The zero-order valence-electron chi connectivity index (χ0n) is 16.9. The van der Waals surface area contributed by atoms with Crippen molar-refractivity contribution in [2.45, 2.75) is 11.7 Å². The van der Waals surface area contributed by atoms with Crippen LogP contribution in [0.3, 0.4) is 0 Å². The van der Waals surface area contributed by atoms with Gasteiger partial charge in [-0.05, 0) is 29.8 Å². The molecule has 1 amide bonds. The Morgan fingerprint density at radius 2 is 2.03 bits per heavy atom. The molecule has 2 aromatic carbocycles. The van der Waals surface area contributed by atoms with Crippen molar-refractivity contribution in [3.8, 4) is 16.5 Å². The van der Waals surface area contributed by atoms with Gasteiger partial charge in [-0.3, -0.25) is 14.2 Å². The van der Waals surface area contributed by atoms with Gasteiger partial charge in [0, 0.05) is 17.1 Å². The number of nitriles is 1. The van der Waals surface area contributed by atoms with Crippen molar-refractivity contribution in [1.82, 2.24) is 9.55 Å². The number of benzene rings is 2. The predicted molar refractivity (Wildman–Crippen MR) is 130 cm³/mol. The third-order valence-corrected chi connectivity index (χ3v) is 6.71. The maximum Gasteiger partial charge on any atom is 0.272 e. The van der Waals surface area contributed by atoms with E-state index >= 15 is 0 Å². The Balaban J connectivity index is 1.60. The molecule has 0 fully saturated rings. The van der Waals surface area contributed by atoms with Gasteiger partial charge in [0.25, 0.3) is 5.56 Å². The summed E-state index contributed by atoms with van der Waals surface area (Å²) in [7, 11) is 0. The molecule has 0 saturated heterocycles. The van der Waals surface area contributed by atoms with E-state index in [0.717, 1.165) is 10.4 Å². The van der Waals surface area contributed by atoms with Crippen molar-refractivity contribution in [3.05, 3.63) is 89.2 Å². The lowest BCUT2D eigenvalue weighted by Gasteiger charge is -2.10. The maximum atomic E-state index is 13.1. The zero-order chi connectivity index (χ0) is 22.5. The van der Waals surface area contributed by atoms with Crippen LogP contribution in [0.4, 0.5) is 5.69 Å². The fourth-order valence-corrected chi connectivity index (χ4v) is 4.99. The van der Waals surface area contributed by atoms with Crippen LogP contribution in [0.5, 0.6) is 0 Å². The lowest BCUT2D eigenvalue weighted by Crippen LogP contribution is -2.23. The van der Waals surface area contributed by atoms with Crippen molar-refractivity contribution in [1.29, 1.82) is 5.26 Å². The molecule has 4 aromatic rings. The van der Waals surface area contributed by atoms with Gasteiger partial charge in [-0.1, -0.05) is 54.2 Å². The van der Waals surface area contributed by atoms with Crippen LogP contribution in [0.25, 0.3) is 20.7 Å². The number of anilines is 1. The number of carbonyl (C=O) groups is 1. The number of nitrogens with one attached hydrogen (secondary N) is 1. The Morgan fingerprint density at radius 1 is 1.22 bits per heavy atom. The molecule has 1 N–H and O–H groups in total. The molecule has 0 unspecified atom stereocenters. The number of aromatic nitrogens is 2. The van der Waals surface area contributed by atoms with Crippen molar-refractivity contribution >= 4 is 44.9 Å². The largest absolute Gasteiger partial charge is 0.325 e. The van der Waals surface area contributed by atoms with Gasteiger partial charge in [0.05, 0.1) is 22.9 Å². The van der Waals surface area contributed by atoms with Crippen LogP contribution in [0.15, 0.2) is 83.3 Å². The molecule has 6 nitrogen and oxygen atoms in total. The Hall–Kier alpha value is -3.67. The van der Waals surface area contributed by atoms with Gasteiger partial charge in [-0.25, -0.2) is 4.98 Å². The average molecular weight is 459 g/mol. The van der Waals surface area contributed by atoms with Crippen LogP contribution < -0.4 is 10.9 Å². The van der Waals surface area contributed by atoms with Crippen LogP contribution in [-0.4, -0.2) is 21.2 Å². The summed E-state index contributed by atoms with van der Waals surface area (Å²) in [6.07, 6.45) is 1.64. The highest BCUT2D eigenvalue weighted by Gasteiger charge is 2.16. The van der Waals surface area contributed by atoms with E-state index in [1.165, 1.54) is 27.7 Å². The number of hydrogen-bond acceptors (Lipinski definition) is 6. The Bertz CT molecular complexity index is 1400. The first-order valence-corrected chi connectivity index (χ1v) is 11.5. The molecular weight excluding hydrogens is 440 g/mol. The van der Waals surface area contributed by atoms with Gasteiger partial charge in [-0.2, -0.15) is 5.26 Å². The van der Waals surface area contributed by atoms with Crippen LogP contribution in [-0.2, 0) is 11.3 Å². The summed E-state index contributed by atoms with van der Waals surface area (Å²) in [6, 6.07) is 20.5. The molecule has 0 bridgehead atoms. The summed E-state index contributed by atoms with van der Waals surface area (Å²) in [5, 5.41) is 12.2. The van der Waals surface area contributed by atoms with E-state index in [-0.39, 0.29) is 17.2 Å². The van der Waals surface area contributed by atoms with Gasteiger partial charge >= 0.3 is 0 Å². The number of rotatable bonds is 7. The van der Waals surface area contributed by atoms with Crippen molar-refractivity contribution < 1.29 is 4.79 Å². The summed E-state index contributed by atoms with van der Waals surface area (Å²) in [4.78, 5) is 31.2. The molecule has 0 spiro atoms. The highest BCUT2D eigenvalue weighted by molar-refractivity contribution is 7.99.